The Kier molecular flexibility index (Phi) is 6.75. The maximum atomic E-state index is 13.0. The molecule has 11 nitrogen and oxygen atoms in total. The molecule has 0 bridgehead atoms. The third-order valence-corrected chi connectivity index (χ3v) is 7.48. The largest absolute Gasteiger partial charge is 0.416 e. The van der Waals surface area contributed by atoms with Crippen molar-refractivity contribution < 1.29 is 27.6 Å². The summed E-state index contributed by atoms with van der Waals surface area (Å²) < 4.78 is 40.9. The average Bonchev–Trinajstić information content (AvgIpc) is 3.36. The number of fused-ring (bicyclic) bond motifs is 1. The van der Waals surface area contributed by atoms with Gasteiger partial charge in [0.25, 0.3) is 5.91 Å². The summed E-state index contributed by atoms with van der Waals surface area (Å²) in [6.45, 7) is 1.04. The molecule has 216 valence electrons. The SMILES string of the molecule is Nc1nccn2c(C3CCCN(C(=O)C4CC(=O)N4)C3)nc(-c3ccc(C(=O)Nc4cc(C(F)(F)F)ccn4)cc3)c12. The summed E-state index contributed by atoms with van der Waals surface area (Å²) in [6.07, 6.45) is 1.51. The number of piperidine rings is 1. The highest BCUT2D eigenvalue weighted by atomic mass is 19.4. The van der Waals surface area contributed by atoms with E-state index in [2.05, 4.69) is 20.6 Å². The van der Waals surface area contributed by atoms with Crippen molar-refractivity contribution in [2.75, 3.05) is 24.1 Å². The van der Waals surface area contributed by atoms with Crippen molar-refractivity contribution in [3.63, 3.8) is 0 Å². The molecule has 2 saturated heterocycles. The number of hydrogen-bond donors (Lipinski definition) is 3. The molecule has 3 amide bonds. The van der Waals surface area contributed by atoms with Crippen LogP contribution >= 0.6 is 0 Å². The van der Waals surface area contributed by atoms with E-state index in [0.29, 0.717) is 35.7 Å². The number of hydrogen-bond acceptors (Lipinski definition) is 7. The number of pyridine rings is 1. The first-order valence-corrected chi connectivity index (χ1v) is 13.2. The molecule has 14 heteroatoms. The first-order chi connectivity index (χ1) is 20.1. The highest BCUT2D eigenvalue weighted by molar-refractivity contribution is 6.04. The van der Waals surface area contributed by atoms with Crippen LogP contribution in [0.1, 0.15) is 46.9 Å². The first kappa shape index (κ1) is 27.2. The number of likely N-dealkylation sites (tertiary alicyclic amines) is 1. The molecule has 1 aromatic carbocycles. The fourth-order valence-electron chi connectivity index (χ4n) is 5.34. The van der Waals surface area contributed by atoms with Gasteiger partial charge in [0, 0.05) is 48.7 Å². The minimum Gasteiger partial charge on any atom is -0.382 e. The summed E-state index contributed by atoms with van der Waals surface area (Å²) >= 11 is 0. The zero-order valence-electron chi connectivity index (χ0n) is 22.1. The Morgan fingerprint density at radius 1 is 1.10 bits per heavy atom. The zero-order valence-corrected chi connectivity index (χ0v) is 22.1. The second-order valence-electron chi connectivity index (χ2n) is 10.3. The number of carbonyl (C=O) groups excluding carboxylic acids is 3. The average molecular weight is 579 g/mol. The lowest BCUT2D eigenvalue weighted by atomic mass is 9.95. The van der Waals surface area contributed by atoms with Gasteiger partial charge >= 0.3 is 6.18 Å². The van der Waals surface area contributed by atoms with Crippen LogP contribution in [0.5, 0.6) is 0 Å². The van der Waals surface area contributed by atoms with Crippen LogP contribution in [-0.4, -0.2) is 61.1 Å². The van der Waals surface area contributed by atoms with E-state index >= 15 is 0 Å². The van der Waals surface area contributed by atoms with Crippen LogP contribution in [0.15, 0.2) is 55.0 Å². The van der Waals surface area contributed by atoms with Gasteiger partial charge in [-0.25, -0.2) is 15.0 Å². The highest BCUT2D eigenvalue weighted by Crippen LogP contribution is 2.34. The second-order valence-corrected chi connectivity index (χ2v) is 10.3. The Morgan fingerprint density at radius 3 is 2.57 bits per heavy atom. The van der Waals surface area contributed by atoms with E-state index in [1.807, 2.05) is 4.40 Å². The number of nitrogens with two attached hydrogens (primary N) is 1. The van der Waals surface area contributed by atoms with Gasteiger partial charge in [-0.05, 0) is 37.1 Å². The molecule has 42 heavy (non-hydrogen) atoms. The van der Waals surface area contributed by atoms with Gasteiger partial charge in [0.05, 0.1) is 12.0 Å². The van der Waals surface area contributed by atoms with Crippen LogP contribution in [0, 0.1) is 0 Å². The van der Waals surface area contributed by atoms with Gasteiger partial charge in [-0.3, -0.25) is 18.8 Å². The number of carbonyl (C=O) groups is 3. The molecule has 0 radical (unpaired) electrons. The van der Waals surface area contributed by atoms with Gasteiger partial charge in [0.1, 0.15) is 34.7 Å². The number of nitrogen functional groups attached to an aromatic ring is 1. The Morgan fingerprint density at radius 2 is 1.86 bits per heavy atom. The van der Waals surface area contributed by atoms with Crippen LogP contribution in [-0.2, 0) is 15.8 Å². The zero-order chi connectivity index (χ0) is 29.6. The van der Waals surface area contributed by atoms with E-state index in [1.165, 1.54) is 12.1 Å². The van der Waals surface area contributed by atoms with Crippen molar-refractivity contribution in [2.24, 2.45) is 0 Å². The molecular weight excluding hydrogens is 553 g/mol. The molecule has 2 aliphatic rings. The topological polar surface area (TPSA) is 148 Å². The monoisotopic (exact) mass is 578 g/mol. The van der Waals surface area contributed by atoms with Crippen molar-refractivity contribution in [1.82, 2.24) is 29.6 Å². The van der Waals surface area contributed by atoms with E-state index in [4.69, 9.17) is 10.7 Å². The molecule has 5 heterocycles. The van der Waals surface area contributed by atoms with E-state index in [0.717, 1.165) is 31.2 Å². The number of imidazole rings is 1. The summed E-state index contributed by atoms with van der Waals surface area (Å²) in [5.41, 5.74) is 7.32. The summed E-state index contributed by atoms with van der Waals surface area (Å²) in [7, 11) is 0. The Labute approximate surface area is 237 Å². The predicted octanol–water partition coefficient (Wildman–Crippen LogP) is 3.24. The number of amides is 3. The van der Waals surface area contributed by atoms with Crippen molar-refractivity contribution in [3.8, 4) is 11.3 Å². The molecule has 2 atom stereocenters. The van der Waals surface area contributed by atoms with Crippen molar-refractivity contribution in [2.45, 2.75) is 37.4 Å². The molecule has 3 aromatic heterocycles. The minimum atomic E-state index is -4.56. The number of rotatable bonds is 5. The molecule has 0 spiro atoms. The smallest absolute Gasteiger partial charge is 0.382 e. The quantitative estimate of drug-likeness (QED) is 0.308. The predicted molar refractivity (Wildman–Crippen MR) is 145 cm³/mol. The molecule has 2 unspecified atom stereocenters. The van der Waals surface area contributed by atoms with Crippen molar-refractivity contribution in [3.05, 3.63) is 71.9 Å². The summed E-state index contributed by atoms with van der Waals surface area (Å²) in [4.78, 5) is 51.6. The number of benzene rings is 1. The summed E-state index contributed by atoms with van der Waals surface area (Å²) in [5.74, 6) is -0.208. The molecule has 2 aliphatic heterocycles. The van der Waals surface area contributed by atoms with E-state index in [-0.39, 0.29) is 41.4 Å². The van der Waals surface area contributed by atoms with Gasteiger partial charge in [0.2, 0.25) is 11.8 Å². The van der Waals surface area contributed by atoms with Crippen LogP contribution < -0.4 is 16.4 Å². The molecule has 0 saturated carbocycles. The van der Waals surface area contributed by atoms with Crippen LogP contribution in [0.25, 0.3) is 16.8 Å². The number of nitrogens with zero attached hydrogens (tertiary/aromatic N) is 5. The van der Waals surface area contributed by atoms with Gasteiger partial charge in [-0.1, -0.05) is 12.1 Å². The number of halogens is 3. The number of aromatic nitrogens is 4. The fraction of sp³-hybridized carbons (Fsp3) is 0.286. The summed E-state index contributed by atoms with van der Waals surface area (Å²) in [5, 5.41) is 5.03. The molecule has 4 N–H and O–H groups in total. The normalized spacial score (nSPS) is 18.8. The number of alkyl halides is 3. The Hall–Kier alpha value is -5.01. The van der Waals surface area contributed by atoms with Gasteiger partial charge in [-0.2, -0.15) is 13.2 Å². The number of nitrogens with one attached hydrogen (secondary N) is 2. The lowest BCUT2D eigenvalue weighted by Gasteiger charge is -2.37. The summed E-state index contributed by atoms with van der Waals surface area (Å²) in [6, 6.07) is 7.51. The third kappa shape index (κ3) is 5.10. The van der Waals surface area contributed by atoms with Gasteiger partial charge in [0.15, 0.2) is 0 Å². The van der Waals surface area contributed by atoms with Crippen molar-refractivity contribution in [1.29, 1.82) is 0 Å². The van der Waals surface area contributed by atoms with Gasteiger partial charge < -0.3 is 21.3 Å². The van der Waals surface area contributed by atoms with E-state index in [9.17, 15) is 27.6 Å². The van der Waals surface area contributed by atoms with Crippen molar-refractivity contribution >= 4 is 34.9 Å². The molecule has 2 fully saturated rings. The van der Waals surface area contributed by atoms with Crippen LogP contribution in [0.2, 0.25) is 0 Å². The van der Waals surface area contributed by atoms with Gasteiger partial charge in [-0.15, -0.1) is 0 Å². The number of β-lactam (4-membered cyclic amide) rings is 1. The molecular formula is C28H25F3N8O3. The van der Waals surface area contributed by atoms with Crippen LogP contribution in [0.4, 0.5) is 24.8 Å². The number of anilines is 2. The maximum Gasteiger partial charge on any atom is 0.416 e. The fourth-order valence-corrected chi connectivity index (χ4v) is 5.34. The van der Waals surface area contributed by atoms with E-state index < -0.39 is 23.7 Å². The standard InChI is InChI=1S/C28H25F3N8O3/c29-28(30,31)18-7-8-33-20(12-18)36-26(41)16-5-3-15(4-6-16)22-23-24(32)34-9-11-39(23)25(37-22)17-2-1-10-38(14-17)27(42)19-13-21(40)35-19/h3-9,11-12,17,19H,1-2,10,13-14H2,(H2,32,34)(H,35,40)(H,33,36,41). The minimum absolute atomic E-state index is 0.0912. The maximum absolute atomic E-state index is 13.0. The highest BCUT2D eigenvalue weighted by Gasteiger charge is 2.37. The first-order valence-electron chi connectivity index (χ1n) is 13.2. The molecule has 4 aromatic rings. The lowest BCUT2D eigenvalue weighted by molar-refractivity contribution is -0.144. The second kappa shape index (κ2) is 10.4. The third-order valence-electron chi connectivity index (χ3n) is 7.48. The molecule has 6 rings (SSSR count). The Bertz CT molecular complexity index is 1700. The Balaban J connectivity index is 1.25. The van der Waals surface area contributed by atoms with E-state index in [1.54, 1.807) is 29.4 Å². The lowest BCUT2D eigenvalue weighted by Crippen LogP contribution is -2.58. The van der Waals surface area contributed by atoms with Crippen LogP contribution in [0.3, 0.4) is 0 Å². The molecule has 0 aliphatic carbocycles.